The van der Waals surface area contributed by atoms with E-state index in [1.54, 1.807) is 23.1 Å². The number of halogens is 1. The molecule has 0 bridgehead atoms. The number of amidine groups is 1. The molecule has 3 heterocycles. The summed E-state index contributed by atoms with van der Waals surface area (Å²) in [6, 6.07) is 8.11. The Morgan fingerprint density at radius 1 is 1.35 bits per heavy atom. The molecule has 0 aliphatic carbocycles. The second kappa shape index (κ2) is 4.77. The summed E-state index contributed by atoms with van der Waals surface area (Å²) in [4.78, 5) is 8.85. The van der Waals surface area contributed by atoms with Crippen LogP contribution < -0.4 is 0 Å². The van der Waals surface area contributed by atoms with Gasteiger partial charge in [-0.2, -0.15) is 0 Å². The van der Waals surface area contributed by atoms with Crippen LogP contribution in [-0.4, -0.2) is 34.9 Å². The maximum absolute atomic E-state index is 9.60. The summed E-state index contributed by atoms with van der Waals surface area (Å²) in [6.45, 7) is 1.79. The second-order valence-corrected chi connectivity index (χ2v) is 7.22. The first-order valence-electron chi connectivity index (χ1n) is 6.29. The zero-order chi connectivity index (χ0) is 13.7. The van der Waals surface area contributed by atoms with Crippen molar-refractivity contribution in [3.63, 3.8) is 0 Å². The first-order chi connectivity index (χ1) is 9.76. The van der Waals surface area contributed by atoms with Crippen LogP contribution in [0.2, 0.25) is 5.02 Å². The quantitative estimate of drug-likeness (QED) is 0.917. The lowest BCUT2D eigenvalue weighted by molar-refractivity contribution is 0.339. The maximum atomic E-state index is 9.60. The fraction of sp³-hybridized carbons (Fsp3) is 0.214. The minimum atomic E-state index is 0.0600. The van der Waals surface area contributed by atoms with Gasteiger partial charge in [0.2, 0.25) is 0 Å². The van der Waals surface area contributed by atoms with Gasteiger partial charge in [-0.05, 0) is 23.6 Å². The molecular formula is C14H11ClN2OS2. The lowest BCUT2D eigenvalue weighted by Crippen LogP contribution is -2.19. The van der Waals surface area contributed by atoms with Gasteiger partial charge in [-0.25, -0.2) is 0 Å². The van der Waals surface area contributed by atoms with Crippen molar-refractivity contribution in [1.29, 1.82) is 0 Å². The SMILES string of the molecule is OCC1=C(c2cc3ccc(Cl)cc3s2)N2CCN=C2S1. The summed E-state index contributed by atoms with van der Waals surface area (Å²) < 4.78 is 1.17. The van der Waals surface area contributed by atoms with E-state index in [4.69, 9.17) is 11.6 Å². The topological polar surface area (TPSA) is 35.8 Å². The highest BCUT2D eigenvalue weighted by molar-refractivity contribution is 8.17. The number of nitrogens with zero attached hydrogens (tertiary/aromatic N) is 2. The predicted octanol–water partition coefficient (Wildman–Crippen LogP) is 3.63. The molecule has 1 aromatic carbocycles. The molecule has 2 aliphatic rings. The van der Waals surface area contributed by atoms with E-state index in [0.717, 1.165) is 33.9 Å². The van der Waals surface area contributed by atoms with Crippen LogP contribution in [0, 0.1) is 0 Å². The Kier molecular flexibility index (Phi) is 3.03. The molecule has 0 spiro atoms. The standard InChI is InChI=1S/C14H11ClN2OS2/c15-9-2-1-8-5-11(19-10(8)6-9)13-12(7-18)20-14-16-3-4-17(13)14/h1-2,5-6,18H,3-4,7H2. The third kappa shape index (κ3) is 1.89. The van der Waals surface area contributed by atoms with Crippen LogP contribution in [0.4, 0.5) is 0 Å². The van der Waals surface area contributed by atoms with Gasteiger partial charge in [0.25, 0.3) is 0 Å². The molecule has 1 aromatic heterocycles. The van der Waals surface area contributed by atoms with Crippen molar-refractivity contribution >= 4 is 55.7 Å². The van der Waals surface area contributed by atoms with Crippen molar-refractivity contribution in [2.24, 2.45) is 4.99 Å². The average molecular weight is 323 g/mol. The Hall–Kier alpha value is -1.01. The highest BCUT2D eigenvalue weighted by atomic mass is 35.5. The van der Waals surface area contributed by atoms with Gasteiger partial charge in [0.1, 0.15) is 0 Å². The Balaban J connectivity index is 1.86. The van der Waals surface area contributed by atoms with Gasteiger partial charge in [-0.1, -0.05) is 29.4 Å². The molecule has 0 atom stereocenters. The fourth-order valence-corrected chi connectivity index (χ4v) is 5.07. The number of thiophene rings is 1. The molecule has 2 aliphatic heterocycles. The van der Waals surface area contributed by atoms with Gasteiger partial charge in [-0.15, -0.1) is 11.3 Å². The zero-order valence-electron chi connectivity index (χ0n) is 10.5. The van der Waals surface area contributed by atoms with Crippen molar-refractivity contribution < 1.29 is 5.11 Å². The van der Waals surface area contributed by atoms with E-state index in [1.807, 2.05) is 18.2 Å². The first-order valence-corrected chi connectivity index (χ1v) is 8.30. The van der Waals surface area contributed by atoms with Gasteiger partial charge >= 0.3 is 0 Å². The number of benzene rings is 1. The van der Waals surface area contributed by atoms with Crippen molar-refractivity contribution in [2.75, 3.05) is 19.7 Å². The molecule has 20 heavy (non-hydrogen) atoms. The van der Waals surface area contributed by atoms with Crippen molar-refractivity contribution in [3.05, 3.63) is 39.1 Å². The monoisotopic (exact) mass is 322 g/mol. The van der Waals surface area contributed by atoms with Gasteiger partial charge in [0.15, 0.2) is 5.17 Å². The number of aliphatic imine (C=N–C) groups is 1. The minimum absolute atomic E-state index is 0.0600. The second-order valence-electron chi connectivity index (χ2n) is 4.64. The van der Waals surface area contributed by atoms with Crippen LogP contribution in [0.15, 0.2) is 34.2 Å². The molecule has 4 rings (SSSR count). The van der Waals surface area contributed by atoms with Gasteiger partial charge in [0, 0.05) is 21.2 Å². The lowest BCUT2D eigenvalue weighted by atomic mass is 10.2. The zero-order valence-corrected chi connectivity index (χ0v) is 12.9. The van der Waals surface area contributed by atoms with Crippen LogP contribution in [0.25, 0.3) is 15.8 Å². The van der Waals surface area contributed by atoms with Crippen LogP contribution >= 0.6 is 34.7 Å². The highest BCUT2D eigenvalue weighted by Crippen LogP contribution is 2.44. The molecular weight excluding hydrogens is 312 g/mol. The normalized spacial score (nSPS) is 18.1. The fourth-order valence-electron chi connectivity index (χ4n) is 2.53. The first kappa shape index (κ1) is 12.7. The maximum Gasteiger partial charge on any atom is 0.168 e. The molecule has 102 valence electrons. The Morgan fingerprint density at radius 2 is 2.25 bits per heavy atom. The summed E-state index contributed by atoms with van der Waals surface area (Å²) >= 11 is 9.35. The average Bonchev–Trinajstić information content (AvgIpc) is 3.09. The number of aliphatic hydroxyl groups excluding tert-OH is 1. The van der Waals surface area contributed by atoms with E-state index in [0.29, 0.717) is 0 Å². The summed E-state index contributed by atoms with van der Waals surface area (Å²) in [6.07, 6.45) is 0. The number of rotatable bonds is 2. The Labute approximate surface area is 129 Å². The van der Waals surface area contributed by atoms with E-state index in [9.17, 15) is 5.11 Å². The molecule has 0 amide bonds. The van der Waals surface area contributed by atoms with Gasteiger partial charge < -0.3 is 10.0 Å². The smallest absolute Gasteiger partial charge is 0.168 e. The number of hydrogen-bond acceptors (Lipinski definition) is 5. The van der Waals surface area contributed by atoms with Crippen LogP contribution in [0.3, 0.4) is 0 Å². The Morgan fingerprint density at radius 3 is 3.10 bits per heavy atom. The number of fused-ring (bicyclic) bond motifs is 2. The Bertz CT molecular complexity index is 766. The van der Waals surface area contributed by atoms with Gasteiger partial charge in [0.05, 0.1) is 23.7 Å². The molecule has 0 radical (unpaired) electrons. The summed E-state index contributed by atoms with van der Waals surface area (Å²) in [5.41, 5.74) is 1.12. The summed E-state index contributed by atoms with van der Waals surface area (Å²) in [7, 11) is 0. The number of hydrogen-bond donors (Lipinski definition) is 1. The number of thioether (sulfide) groups is 1. The molecule has 0 fully saturated rings. The highest BCUT2D eigenvalue weighted by Gasteiger charge is 2.33. The molecule has 0 saturated carbocycles. The lowest BCUT2D eigenvalue weighted by Gasteiger charge is -2.15. The molecule has 3 nitrogen and oxygen atoms in total. The van der Waals surface area contributed by atoms with E-state index >= 15 is 0 Å². The summed E-state index contributed by atoms with van der Waals surface area (Å²) in [5, 5.41) is 12.6. The molecule has 6 heteroatoms. The van der Waals surface area contributed by atoms with E-state index in [2.05, 4.69) is 16.0 Å². The van der Waals surface area contributed by atoms with E-state index < -0.39 is 0 Å². The van der Waals surface area contributed by atoms with Crippen molar-refractivity contribution in [2.45, 2.75) is 0 Å². The molecule has 0 saturated heterocycles. The molecule has 1 N–H and O–H groups in total. The van der Waals surface area contributed by atoms with Crippen LogP contribution in [0.1, 0.15) is 4.88 Å². The van der Waals surface area contributed by atoms with Crippen LogP contribution in [0.5, 0.6) is 0 Å². The summed E-state index contributed by atoms with van der Waals surface area (Å²) in [5.74, 6) is 0. The number of aliphatic hydroxyl groups is 1. The van der Waals surface area contributed by atoms with Gasteiger partial charge in [-0.3, -0.25) is 4.99 Å². The third-order valence-electron chi connectivity index (χ3n) is 3.41. The van der Waals surface area contributed by atoms with Crippen molar-refractivity contribution in [1.82, 2.24) is 4.90 Å². The largest absolute Gasteiger partial charge is 0.391 e. The van der Waals surface area contributed by atoms with Crippen molar-refractivity contribution in [3.8, 4) is 0 Å². The van der Waals surface area contributed by atoms with E-state index in [1.165, 1.54) is 15.0 Å². The molecule has 0 unspecified atom stereocenters. The van der Waals surface area contributed by atoms with Crippen LogP contribution in [-0.2, 0) is 0 Å². The van der Waals surface area contributed by atoms with E-state index in [-0.39, 0.29) is 6.61 Å². The molecule has 2 aromatic rings. The third-order valence-corrected chi connectivity index (χ3v) is 5.85. The predicted molar refractivity (Wildman–Crippen MR) is 87.4 cm³/mol. The minimum Gasteiger partial charge on any atom is -0.391 e.